The average Bonchev–Trinajstić information content (AvgIpc) is 3.05. The Kier molecular flexibility index (Phi) is 8.85. The van der Waals surface area contributed by atoms with E-state index in [-0.39, 0.29) is 11.9 Å². The third kappa shape index (κ3) is 7.01. The molecule has 2 unspecified atom stereocenters. The Balaban J connectivity index is 1.81. The van der Waals surface area contributed by atoms with Crippen LogP contribution in [0.3, 0.4) is 0 Å². The molecule has 3 rings (SSSR count). The van der Waals surface area contributed by atoms with Gasteiger partial charge in [-0.25, -0.2) is 18.5 Å². The van der Waals surface area contributed by atoms with E-state index >= 15 is 4.39 Å². The predicted octanol–water partition coefficient (Wildman–Crippen LogP) is 2.18. The lowest BCUT2D eigenvalue weighted by atomic mass is 9.98. The number of aliphatic hydroxyl groups excluding tert-OH is 1. The van der Waals surface area contributed by atoms with Crippen LogP contribution in [0.2, 0.25) is 0 Å². The maximum absolute atomic E-state index is 15.4. The summed E-state index contributed by atoms with van der Waals surface area (Å²) in [5.74, 6) is 0.344. The molecule has 1 saturated heterocycles. The minimum Gasteiger partial charge on any atom is -0.461 e. The van der Waals surface area contributed by atoms with Crippen LogP contribution in [0.5, 0.6) is 5.75 Å². The molecule has 1 aliphatic heterocycles. The quantitative estimate of drug-likeness (QED) is 0.261. The van der Waals surface area contributed by atoms with E-state index in [0.717, 1.165) is 29.7 Å². The molecular formula is C23H29FN3O9P. The first-order valence-electron chi connectivity index (χ1n) is 11.4. The highest BCUT2D eigenvalue weighted by atomic mass is 31.2. The van der Waals surface area contributed by atoms with Crippen LogP contribution in [0.1, 0.15) is 33.9 Å². The predicted molar refractivity (Wildman–Crippen MR) is 131 cm³/mol. The summed E-state index contributed by atoms with van der Waals surface area (Å²) < 4.78 is 51.3. The maximum atomic E-state index is 15.4. The number of aliphatic imine (C=N–C) groups is 1. The molecule has 6 atom stereocenters. The second-order valence-corrected chi connectivity index (χ2v) is 10.6. The van der Waals surface area contributed by atoms with Crippen molar-refractivity contribution in [2.75, 3.05) is 6.61 Å². The third-order valence-electron chi connectivity index (χ3n) is 5.34. The number of aromatic amines is 1. The number of nitrogens with zero attached hydrogens (tertiary/aromatic N) is 2. The van der Waals surface area contributed by atoms with E-state index in [4.69, 9.17) is 18.5 Å². The van der Waals surface area contributed by atoms with Crippen LogP contribution >= 0.6 is 7.60 Å². The number of ether oxygens (including phenoxy) is 2. The van der Waals surface area contributed by atoms with Gasteiger partial charge in [0.05, 0.1) is 12.7 Å². The number of carbonyl (C=O) groups excluding carboxylic acids is 1. The second kappa shape index (κ2) is 11.5. The van der Waals surface area contributed by atoms with Crippen molar-refractivity contribution in [1.29, 1.82) is 0 Å². The molecule has 37 heavy (non-hydrogen) atoms. The standard InChI is InChI=1S/C23H29FN3O9P/c1-14(2)34-20(30)15(3)25-13-37(32,36-16-8-6-5-7-9-16)33-12-17-19(29)23(4,24)21(35-17)27-11-10-18(28)26-22(27)31/h5-11,13-15,17,19,21,29H,12H2,1-4H3,(H,26,28,31)/t15-,17+,19-,21+,23?,37?/m0/s1. The fourth-order valence-corrected chi connectivity index (χ4v) is 4.72. The average molecular weight is 541 g/mol. The highest BCUT2D eigenvalue weighted by Crippen LogP contribution is 2.48. The maximum Gasteiger partial charge on any atom is 0.421 e. The van der Waals surface area contributed by atoms with Crippen LogP contribution in [0.4, 0.5) is 4.39 Å². The fourth-order valence-electron chi connectivity index (χ4n) is 3.42. The van der Waals surface area contributed by atoms with Crippen molar-refractivity contribution < 1.29 is 37.4 Å². The van der Waals surface area contributed by atoms with E-state index in [0.29, 0.717) is 0 Å². The van der Waals surface area contributed by atoms with Crippen LogP contribution < -0.4 is 15.8 Å². The smallest absolute Gasteiger partial charge is 0.421 e. The summed E-state index contributed by atoms with van der Waals surface area (Å²) in [7, 11) is -4.23. The zero-order valence-corrected chi connectivity index (χ0v) is 21.5. The van der Waals surface area contributed by atoms with E-state index in [1.807, 2.05) is 4.98 Å². The molecule has 12 nitrogen and oxygen atoms in total. The minimum atomic E-state index is -4.23. The van der Waals surface area contributed by atoms with Crippen molar-refractivity contribution in [3.63, 3.8) is 0 Å². The number of esters is 1. The number of para-hydroxylation sites is 1. The number of aromatic nitrogens is 2. The van der Waals surface area contributed by atoms with Crippen molar-refractivity contribution in [3.8, 4) is 5.75 Å². The summed E-state index contributed by atoms with van der Waals surface area (Å²) >= 11 is 0. The Labute approximate surface area is 211 Å². The monoisotopic (exact) mass is 541 g/mol. The number of benzene rings is 1. The molecule has 0 amide bonds. The molecule has 1 fully saturated rings. The Morgan fingerprint density at radius 2 is 1.97 bits per heavy atom. The Hall–Kier alpha value is -3.12. The van der Waals surface area contributed by atoms with Gasteiger partial charge in [-0.2, -0.15) is 0 Å². The van der Waals surface area contributed by atoms with E-state index in [2.05, 4.69) is 4.99 Å². The summed E-state index contributed by atoms with van der Waals surface area (Å²) in [6.07, 6.45) is -4.16. The lowest BCUT2D eigenvalue weighted by molar-refractivity contribution is -0.148. The Morgan fingerprint density at radius 3 is 2.59 bits per heavy atom. The number of rotatable bonds is 10. The molecule has 0 aliphatic carbocycles. The molecular weight excluding hydrogens is 512 g/mol. The number of nitrogens with one attached hydrogen (secondary N) is 1. The summed E-state index contributed by atoms with van der Waals surface area (Å²) in [5, 5.41) is 10.6. The van der Waals surface area contributed by atoms with Gasteiger partial charge >= 0.3 is 19.3 Å². The zero-order chi connectivity index (χ0) is 27.4. The first kappa shape index (κ1) is 28.5. The van der Waals surface area contributed by atoms with E-state index in [1.54, 1.807) is 32.0 Å². The van der Waals surface area contributed by atoms with Crippen LogP contribution in [-0.2, 0) is 23.4 Å². The van der Waals surface area contributed by atoms with Crippen molar-refractivity contribution in [3.05, 3.63) is 63.4 Å². The van der Waals surface area contributed by atoms with Gasteiger partial charge < -0.3 is 19.1 Å². The van der Waals surface area contributed by atoms with Crippen LogP contribution in [0.15, 0.2) is 57.2 Å². The summed E-state index contributed by atoms with van der Waals surface area (Å²) in [4.78, 5) is 41.5. The number of halogens is 1. The molecule has 2 N–H and O–H groups in total. The molecule has 2 aromatic rings. The second-order valence-electron chi connectivity index (χ2n) is 8.81. The topological polar surface area (TPSA) is 159 Å². The number of hydrogen-bond acceptors (Lipinski definition) is 10. The van der Waals surface area contributed by atoms with Gasteiger partial charge in [0.25, 0.3) is 5.56 Å². The Morgan fingerprint density at radius 1 is 1.30 bits per heavy atom. The van der Waals surface area contributed by atoms with Crippen molar-refractivity contribution in [2.45, 2.75) is 63.9 Å². The molecule has 0 spiro atoms. The minimum absolute atomic E-state index is 0.163. The van der Waals surface area contributed by atoms with Gasteiger partial charge in [0.1, 0.15) is 30.0 Å². The van der Waals surface area contributed by atoms with Gasteiger partial charge in [0.15, 0.2) is 11.9 Å². The number of alkyl halides is 1. The molecule has 0 radical (unpaired) electrons. The van der Waals surface area contributed by atoms with Crippen LogP contribution in [0.25, 0.3) is 0 Å². The zero-order valence-electron chi connectivity index (χ0n) is 20.6. The fraction of sp³-hybridized carbons (Fsp3) is 0.478. The first-order chi connectivity index (χ1) is 17.3. The first-order valence-corrected chi connectivity index (χ1v) is 13.0. The Bertz CT molecular complexity index is 1280. The molecule has 2 heterocycles. The summed E-state index contributed by atoms with van der Waals surface area (Å²) in [6.45, 7) is 5.15. The lowest BCUT2D eigenvalue weighted by Crippen LogP contribution is -2.43. The van der Waals surface area contributed by atoms with Crippen molar-refractivity contribution in [2.24, 2.45) is 4.99 Å². The summed E-state index contributed by atoms with van der Waals surface area (Å²) in [5.41, 5.74) is -4.11. The number of hydrogen-bond donors (Lipinski definition) is 2. The molecule has 1 aromatic heterocycles. The van der Waals surface area contributed by atoms with Crippen LogP contribution in [-0.4, -0.2) is 63.2 Å². The van der Waals surface area contributed by atoms with Crippen molar-refractivity contribution >= 4 is 19.5 Å². The highest BCUT2D eigenvalue weighted by Gasteiger charge is 2.55. The van der Waals surface area contributed by atoms with Gasteiger partial charge in [-0.3, -0.25) is 23.9 Å². The van der Waals surface area contributed by atoms with Gasteiger partial charge in [-0.15, -0.1) is 0 Å². The van der Waals surface area contributed by atoms with E-state index in [1.165, 1.54) is 19.1 Å². The SMILES string of the molecule is CC(C)OC(=O)[C@H](C)N=CP(=O)(OC[C@H]1O[C@@H](n2ccc(=O)[nH]c2=O)C(C)(F)[C@H]1O)Oc1ccccc1. The lowest BCUT2D eigenvalue weighted by Gasteiger charge is -2.24. The van der Waals surface area contributed by atoms with E-state index < -0.39 is 61.6 Å². The molecule has 0 saturated carbocycles. The largest absolute Gasteiger partial charge is 0.461 e. The highest BCUT2D eigenvalue weighted by molar-refractivity contribution is 7.70. The molecule has 0 bridgehead atoms. The van der Waals surface area contributed by atoms with Crippen molar-refractivity contribution in [1.82, 2.24) is 9.55 Å². The number of H-pyrrole nitrogens is 1. The van der Waals surface area contributed by atoms with Gasteiger partial charge in [0, 0.05) is 12.3 Å². The molecule has 14 heteroatoms. The van der Waals surface area contributed by atoms with Gasteiger partial charge in [-0.1, -0.05) is 18.2 Å². The normalized spacial score (nSPS) is 26.2. The number of aliphatic hydroxyl groups is 1. The van der Waals surface area contributed by atoms with E-state index in [9.17, 15) is 24.1 Å². The number of carbonyl (C=O) groups is 1. The summed E-state index contributed by atoms with van der Waals surface area (Å²) in [6, 6.07) is 7.96. The third-order valence-corrected chi connectivity index (χ3v) is 6.73. The molecule has 202 valence electrons. The molecule has 1 aliphatic rings. The van der Waals surface area contributed by atoms with Crippen LogP contribution in [0, 0.1) is 0 Å². The van der Waals surface area contributed by atoms with Gasteiger partial charge in [-0.05, 0) is 39.8 Å². The molecule has 1 aromatic carbocycles. The van der Waals surface area contributed by atoms with Gasteiger partial charge in [0.2, 0.25) is 0 Å².